The first kappa shape index (κ1) is 17.3. The molecule has 2 rings (SSSR count). The molecule has 1 amide bonds. The lowest BCUT2D eigenvalue weighted by molar-refractivity contribution is -0.145. The van der Waals surface area contributed by atoms with Gasteiger partial charge in [0.05, 0.1) is 24.1 Å². The zero-order valence-electron chi connectivity index (χ0n) is 13.1. The Bertz CT molecular complexity index is 569. The zero-order valence-corrected chi connectivity index (χ0v) is 13.1. The third kappa shape index (κ3) is 3.83. The van der Waals surface area contributed by atoms with Crippen molar-refractivity contribution < 1.29 is 23.1 Å². The first-order valence-electron chi connectivity index (χ1n) is 7.16. The van der Waals surface area contributed by atoms with Gasteiger partial charge in [-0.15, -0.1) is 0 Å². The number of aromatic nitrogens is 2. The lowest BCUT2D eigenvalue weighted by atomic mass is 10.0. The van der Waals surface area contributed by atoms with Gasteiger partial charge in [-0.2, -0.15) is 13.2 Å². The van der Waals surface area contributed by atoms with Gasteiger partial charge >= 0.3 is 12.3 Å². The minimum Gasteiger partial charge on any atom is -0.465 e. The van der Waals surface area contributed by atoms with E-state index in [2.05, 4.69) is 9.97 Å². The Labute approximate surface area is 131 Å². The molecule has 128 valence electrons. The van der Waals surface area contributed by atoms with Gasteiger partial charge in [-0.25, -0.2) is 14.8 Å². The van der Waals surface area contributed by atoms with Crippen molar-refractivity contribution in [1.82, 2.24) is 14.9 Å². The average molecular weight is 332 g/mol. The number of carboxylic acid groups (broad SMARTS) is 1. The Morgan fingerprint density at radius 1 is 1.30 bits per heavy atom. The van der Waals surface area contributed by atoms with E-state index in [9.17, 15) is 23.1 Å². The average Bonchev–Trinajstić information content (AvgIpc) is 2.85. The molecule has 0 aliphatic carbocycles. The quantitative estimate of drug-likeness (QED) is 0.902. The van der Waals surface area contributed by atoms with Gasteiger partial charge in [0.25, 0.3) is 0 Å². The Hall–Kier alpha value is -2.06. The first-order chi connectivity index (χ1) is 10.5. The van der Waals surface area contributed by atoms with Crippen LogP contribution in [0.1, 0.15) is 33.0 Å². The normalized spacial score (nSPS) is 19.0. The van der Waals surface area contributed by atoms with Crippen LogP contribution in [-0.2, 0) is 6.18 Å². The topological polar surface area (TPSA) is 69.6 Å². The summed E-state index contributed by atoms with van der Waals surface area (Å²) in [7, 11) is 0. The number of halogens is 3. The molecular formula is C14H19F3N4O2. The van der Waals surface area contributed by atoms with E-state index in [-0.39, 0.29) is 6.04 Å². The number of rotatable bonds is 2. The van der Waals surface area contributed by atoms with E-state index in [1.165, 1.54) is 4.90 Å². The largest absolute Gasteiger partial charge is 0.465 e. The van der Waals surface area contributed by atoms with Gasteiger partial charge in [-0.05, 0) is 27.2 Å². The van der Waals surface area contributed by atoms with Gasteiger partial charge in [0, 0.05) is 18.6 Å². The van der Waals surface area contributed by atoms with Crippen LogP contribution in [0.25, 0.3) is 0 Å². The summed E-state index contributed by atoms with van der Waals surface area (Å²) < 4.78 is 37.4. The van der Waals surface area contributed by atoms with Crippen LogP contribution in [0.3, 0.4) is 0 Å². The van der Waals surface area contributed by atoms with Gasteiger partial charge in [0.2, 0.25) is 5.82 Å². The van der Waals surface area contributed by atoms with Crippen molar-refractivity contribution in [1.29, 1.82) is 0 Å². The minimum absolute atomic E-state index is 0.227. The Morgan fingerprint density at radius 3 is 2.30 bits per heavy atom. The molecule has 1 N–H and O–H groups in total. The molecule has 1 aliphatic rings. The van der Waals surface area contributed by atoms with E-state index in [1.54, 1.807) is 4.90 Å². The molecular weight excluding hydrogens is 313 g/mol. The first-order valence-corrected chi connectivity index (χ1v) is 7.16. The van der Waals surface area contributed by atoms with E-state index in [0.717, 1.165) is 12.4 Å². The molecule has 1 aromatic heterocycles. The van der Waals surface area contributed by atoms with E-state index in [1.807, 2.05) is 20.8 Å². The molecule has 0 spiro atoms. The predicted octanol–water partition coefficient (Wildman–Crippen LogP) is 2.85. The minimum atomic E-state index is -4.57. The van der Waals surface area contributed by atoms with Crippen LogP contribution >= 0.6 is 0 Å². The van der Waals surface area contributed by atoms with Crippen molar-refractivity contribution >= 4 is 11.8 Å². The summed E-state index contributed by atoms with van der Waals surface area (Å²) in [4.78, 5) is 21.4. The van der Waals surface area contributed by atoms with Crippen LogP contribution in [-0.4, -0.2) is 50.7 Å². The van der Waals surface area contributed by atoms with Crippen molar-refractivity contribution in [2.24, 2.45) is 0 Å². The summed E-state index contributed by atoms with van der Waals surface area (Å²) in [5.74, 6) is -1.18. The lowest BCUT2D eigenvalue weighted by Crippen LogP contribution is -2.52. The molecule has 1 atom stereocenters. The van der Waals surface area contributed by atoms with Gasteiger partial charge in [-0.1, -0.05) is 0 Å². The Kier molecular flexibility index (Phi) is 4.41. The van der Waals surface area contributed by atoms with Gasteiger partial charge in [0.15, 0.2) is 0 Å². The molecule has 9 heteroatoms. The lowest BCUT2D eigenvalue weighted by Gasteiger charge is -2.38. The third-order valence-corrected chi connectivity index (χ3v) is 3.71. The molecule has 0 radical (unpaired) electrons. The number of hydrogen-bond acceptors (Lipinski definition) is 4. The summed E-state index contributed by atoms with van der Waals surface area (Å²) in [5, 5.41) is 9.41. The maximum atomic E-state index is 12.5. The summed E-state index contributed by atoms with van der Waals surface area (Å²) >= 11 is 0. The Morgan fingerprint density at radius 2 is 1.87 bits per heavy atom. The van der Waals surface area contributed by atoms with E-state index in [4.69, 9.17) is 0 Å². The fourth-order valence-corrected chi connectivity index (χ4v) is 2.81. The number of nitrogens with zero attached hydrogens (tertiary/aromatic N) is 4. The van der Waals surface area contributed by atoms with Crippen molar-refractivity contribution in [2.45, 2.75) is 44.9 Å². The van der Waals surface area contributed by atoms with Crippen LogP contribution in [0, 0.1) is 0 Å². The van der Waals surface area contributed by atoms with Crippen LogP contribution in [0.4, 0.5) is 23.7 Å². The summed E-state index contributed by atoms with van der Waals surface area (Å²) in [6, 6.07) is -0.227. The number of amides is 1. The summed E-state index contributed by atoms with van der Waals surface area (Å²) in [6.45, 7) is 6.37. The van der Waals surface area contributed by atoms with E-state index in [0.29, 0.717) is 25.2 Å². The SMILES string of the molecule is CC(C)(C)N(C(=O)O)[C@@H]1CCN(c2cnc(C(F)(F)F)nc2)C1. The summed E-state index contributed by atoms with van der Waals surface area (Å²) in [6.07, 6.45) is -2.72. The maximum absolute atomic E-state index is 12.5. The number of anilines is 1. The fourth-order valence-electron chi connectivity index (χ4n) is 2.81. The van der Waals surface area contributed by atoms with Gasteiger partial charge in [0.1, 0.15) is 0 Å². The second-order valence-corrected chi connectivity index (χ2v) is 6.47. The van der Waals surface area contributed by atoms with Crippen molar-refractivity contribution in [3.8, 4) is 0 Å². The molecule has 0 unspecified atom stereocenters. The molecule has 1 saturated heterocycles. The van der Waals surface area contributed by atoms with Crippen LogP contribution in [0.2, 0.25) is 0 Å². The smallest absolute Gasteiger partial charge is 0.451 e. The van der Waals surface area contributed by atoms with Crippen LogP contribution in [0.5, 0.6) is 0 Å². The Balaban J connectivity index is 2.12. The van der Waals surface area contributed by atoms with E-state index >= 15 is 0 Å². The maximum Gasteiger partial charge on any atom is 0.451 e. The predicted molar refractivity (Wildman–Crippen MR) is 77.3 cm³/mol. The van der Waals surface area contributed by atoms with Gasteiger partial charge < -0.3 is 10.0 Å². The highest BCUT2D eigenvalue weighted by Crippen LogP contribution is 2.29. The number of hydrogen-bond donors (Lipinski definition) is 1. The number of carbonyl (C=O) groups is 1. The van der Waals surface area contributed by atoms with Crippen molar-refractivity contribution in [2.75, 3.05) is 18.0 Å². The highest BCUT2D eigenvalue weighted by atomic mass is 19.4. The molecule has 6 nitrogen and oxygen atoms in total. The molecule has 23 heavy (non-hydrogen) atoms. The highest BCUT2D eigenvalue weighted by molar-refractivity contribution is 5.67. The molecule has 0 saturated carbocycles. The molecule has 1 aliphatic heterocycles. The third-order valence-electron chi connectivity index (χ3n) is 3.71. The van der Waals surface area contributed by atoms with Crippen molar-refractivity contribution in [3.63, 3.8) is 0 Å². The number of alkyl halides is 3. The molecule has 0 bridgehead atoms. The second-order valence-electron chi connectivity index (χ2n) is 6.47. The van der Waals surface area contributed by atoms with Gasteiger partial charge in [-0.3, -0.25) is 4.90 Å². The second kappa shape index (κ2) is 5.86. The zero-order chi connectivity index (χ0) is 17.4. The molecule has 2 heterocycles. The molecule has 1 fully saturated rings. The van der Waals surface area contributed by atoms with Crippen LogP contribution in [0.15, 0.2) is 12.4 Å². The highest BCUT2D eigenvalue weighted by Gasteiger charge is 2.38. The standard InChI is InChI=1S/C14H19F3N4O2/c1-13(2,3)21(12(22)23)9-4-5-20(8-9)10-6-18-11(19-7-10)14(15,16)17/h6-7,9H,4-5,8H2,1-3H3,(H,22,23)/t9-/m1/s1. The van der Waals surface area contributed by atoms with E-state index < -0.39 is 23.6 Å². The molecule has 0 aromatic carbocycles. The monoisotopic (exact) mass is 332 g/mol. The van der Waals surface area contributed by atoms with Crippen molar-refractivity contribution in [3.05, 3.63) is 18.2 Å². The summed E-state index contributed by atoms with van der Waals surface area (Å²) in [5.41, 5.74) is -0.0943. The fraction of sp³-hybridized carbons (Fsp3) is 0.643. The molecule has 1 aromatic rings. The van der Waals surface area contributed by atoms with Crippen LogP contribution < -0.4 is 4.90 Å².